The first kappa shape index (κ1) is 13.8. The van der Waals surface area contributed by atoms with E-state index in [2.05, 4.69) is 9.97 Å². The third-order valence-electron chi connectivity index (χ3n) is 2.70. The molecule has 104 valence electrons. The fourth-order valence-electron chi connectivity index (χ4n) is 1.95. The van der Waals surface area contributed by atoms with Crippen LogP contribution in [0.5, 0.6) is 0 Å². The van der Waals surface area contributed by atoms with Crippen molar-refractivity contribution in [3.8, 4) is 0 Å². The molecule has 0 aliphatic heterocycles. The van der Waals surface area contributed by atoms with E-state index in [-0.39, 0.29) is 16.6 Å². The van der Waals surface area contributed by atoms with Gasteiger partial charge in [0.05, 0.1) is 5.52 Å². The number of fused-ring (bicyclic) bond motifs is 1. The number of nitrogens with zero attached hydrogens (tertiary/aromatic N) is 1. The molecule has 0 fully saturated rings. The molecule has 0 amide bonds. The summed E-state index contributed by atoms with van der Waals surface area (Å²) in [4.78, 5) is 5.85. The Morgan fingerprint density at radius 3 is 2.42 bits per heavy atom. The number of aromatic nitrogens is 2. The quantitative estimate of drug-likeness (QED) is 0.824. The Hall–Kier alpha value is -1.66. The Balaban J connectivity index is 2.57. The molecule has 1 aromatic carbocycles. The Bertz CT molecular complexity index is 613. The summed E-state index contributed by atoms with van der Waals surface area (Å²) in [5.41, 5.74) is -0.499. The number of hydrogen-bond donors (Lipinski definition) is 1. The van der Waals surface area contributed by atoms with E-state index in [0.29, 0.717) is 0 Å². The van der Waals surface area contributed by atoms with Crippen LogP contribution >= 0.6 is 0 Å². The van der Waals surface area contributed by atoms with Gasteiger partial charge in [0.25, 0.3) is 0 Å². The lowest BCUT2D eigenvalue weighted by Crippen LogP contribution is -2.12. The van der Waals surface area contributed by atoms with Crippen LogP contribution in [-0.4, -0.2) is 16.1 Å². The minimum atomic E-state index is -4.45. The first-order valence-electron chi connectivity index (χ1n) is 5.62. The number of nitrogens with one attached hydrogen (secondary N) is 1. The second kappa shape index (κ2) is 4.47. The summed E-state index contributed by atoms with van der Waals surface area (Å²) in [7, 11) is 0. The Morgan fingerprint density at radius 1 is 1.26 bits per heavy atom. The molecule has 0 aliphatic carbocycles. The molecule has 7 heteroatoms. The normalized spacial score (nSPS) is 12.6. The lowest BCUT2D eigenvalue weighted by molar-refractivity contribution is -0.128. The Kier molecular flexibility index (Phi) is 3.24. The number of aromatic amines is 1. The fraction of sp³-hybridized carbons (Fsp3) is 0.417. The highest BCUT2D eigenvalue weighted by molar-refractivity contribution is 5.77. The van der Waals surface area contributed by atoms with Crippen molar-refractivity contribution < 1.29 is 22.0 Å². The molecule has 2 nitrogen and oxygen atoms in total. The summed E-state index contributed by atoms with van der Waals surface area (Å²) < 4.78 is 64.4. The van der Waals surface area contributed by atoms with E-state index in [1.807, 2.05) is 0 Å². The SMILES string of the molecule is CC(C)c1c(F)cc2[nH]c(CC(F)(F)F)nc2c1F. The van der Waals surface area contributed by atoms with Gasteiger partial charge in [-0.1, -0.05) is 13.8 Å². The molecule has 2 aromatic rings. The van der Waals surface area contributed by atoms with Gasteiger partial charge in [-0.15, -0.1) is 0 Å². The van der Waals surface area contributed by atoms with Crippen LogP contribution in [0.15, 0.2) is 6.07 Å². The molecule has 0 bridgehead atoms. The molecular formula is C12H11F5N2. The standard InChI is InChI=1S/C12H11F5N2/c1-5(2)9-6(13)3-7-11(10(9)14)19-8(18-7)4-12(15,16)17/h3,5H,4H2,1-2H3,(H,18,19). The zero-order chi connectivity index (χ0) is 14.4. The second-order valence-electron chi connectivity index (χ2n) is 4.61. The molecule has 1 heterocycles. The van der Waals surface area contributed by atoms with Gasteiger partial charge in [-0.25, -0.2) is 13.8 Å². The van der Waals surface area contributed by atoms with E-state index >= 15 is 0 Å². The minimum Gasteiger partial charge on any atom is -0.342 e. The maximum absolute atomic E-state index is 14.0. The van der Waals surface area contributed by atoms with Crippen molar-refractivity contribution in [1.82, 2.24) is 9.97 Å². The molecule has 0 radical (unpaired) electrons. The Labute approximate surface area is 105 Å². The van der Waals surface area contributed by atoms with Gasteiger partial charge in [0.15, 0.2) is 5.82 Å². The molecule has 0 saturated heterocycles. The molecule has 0 saturated carbocycles. The predicted octanol–water partition coefficient (Wildman–Crippen LogP) is 4.07. The summed E-state index contributed by atoms with van der Waals surface area (Å²) in [6.45, 7) is 3.19. The molecule has 1 aromatic heterocycles. The number of alkyl halides is 3. The van der Waals surface area contributed by atoms with Crippen LogP contribution in [0.4, 0.5) is 22.0 Å². The lowest BCUT2D eigenvalue weighted by atomic mass is 10.0. The van der Waals surface area contributed by atoms with Gasteiger partial charge >= 0.3 is 6.18 Å². The summed E-state index contributed by atoms with van der Waals surface area (Å²) in [6, 6.07) is 0.973. The smallest absolute Gasteiger partial charge is 0.342 e. The van der Waals surface area contributed by atoms with Crippen molar-refractivity contribution in [2.24, 2.45) is 0 Å². The first-order valence-corrected chi connectivity index (χ1v) is 5.62. The summed E-state index contributed by atoms with van der Waals surface area (Å²) in [5.74, 6) is -2.55. The van der Waals surface area contributed by atoms with Crippen molar-refractivity contribution in [2.45, 2.75) is 32.4 Å². The average molecular weight is 278 g/mol. The molecule has 1 N–H and O–H groups in total. The van der Waals surface area contributed by atoms with Gasteiger partial charge in [-0.2, -0.15) is 13.2 Å². The zero-order valence-corrected chi connectivity index (χ0v) is 10.2. The highest BCUT2D eigenvalue weighted by Gasteiger charge is 2.30. The minimum absolute atomic E-state index is 0.0707. The van der Waals surface area contributed by atoms with Gasteiger partial charge in [0.2, 0.25) is 0 Å². The molecule has 0 unspecified atom stereocenters. The molecule has 19 heavy (non-hydrogen) atoms. The van der Waals surface area contributed by atoms with Crippen LogP contribution in [0.2, 0.25) is 0 Å². The predicted molar refractivity (Wildman–Crippen MR) is 59.9 cm³/mol. The highest BCUT2D eigenvalue weighted by atomic mass is 19.4. The van der Waals surface area contributed by atoms with Gasteiger partial charge < -0.3 is 4.98 Å². The van der Waals surface area contributed by atoms with Gasteiger partial charge in [0.1, 0.15) is 23.6 Å². The number of H-pyrrole nitrogens is 1. The summed E-state index contributed by atoms with van der Waals surface area (Å²) >= 11 is 0. The number of benzene rings is 1. The van der Waals surface area contributed by atoms with Crippen molar-refractivity contribution in [2.75, 3.05) is 0 Å². The van der Waals surface area contributed by atoms with E-state index < -0.39 is 36.0 Å². The Morgan fingerprint density at radius 2 is 1.89 bits per heavy atom. The van der Waals surface area contributed by atoms with Gasteiger partial charge in [-0.3, -0.25) is 0 Å². The number of rotatable bonds is 2. The third kappa shape index (κ3) is 2.69. The topological polar surface area (TPSA) is 28.7 Å². The summed E-state index contributed by atoms with van der Waals surface area (Å²) in [5, 5.41) is 0. The van der Waals surface area contributed by atoms with Crippen LogP contribution in [0.3, 0.4) is 0 Å². The fourth-order valence-corrected chi connectivity index (χ4v) is 1.95. The van der Waals surface area contributed by atoms with Crippen LogP contribution < -0.4 is 0 Å². The van der Waals surface area contributed by atoms with Crippen LogP contribution in [0, 0.1) is 11.6 Å². The lowest BCUT2D eigenvalue weighted by Gasteiger charge is -2.08. The molecule has 0 aliphatic rings. The third-order valence-corrected chi connectivity index (χ3v) is 2.70. The van der Waals surface area contributed by atoms with Crippen molar-refractivity contribution in [3.63, 3.8) is 0 Å². The molecule has 2 rings (SSSR count). The average Bonchev–Trinajstić information content (AvgIpc) is 2.56. The maximum Gasteiger partial charge on any atom is 0.396 e. The second-order valence-corrected chi connectivity index (χ2v) is 4.61. The molecular weight excluding hydrogens is 267 g/mol. The summed E-state index contributed by atoms with van der Waals surface area (Å²) in [6.07, 6.45) is -5.76. The number of halogens is 5. The first-order chi connectivity index (χ1) is 8.69. The van der Waals surface area contributed by atoms with Gasteiger partial charge in [0, 0.05) is 11.6 Å². The number of hydrogen-bond acceptors (Lipinski definition) is 1. The van der Waals surface area contributed by atoms with Crippen LogP contribution in [0.25, 0.3) is 11.0 Å². The monoisotopic (exact) mass is 278 g/mol. The van der Waals surface area contributed by atoms with Crippen LogP contribution in [-0.2, 0) is 6.42 Å². The van der Waals surface area contributed by atoms with Crippen molar-refractivity contribution in [1.29, 1.82) is 0 Å². The van der Waals surface area contributed by atoms with Crippen LogP contribution in [0.1, 0.15) is 31.2 Å². The van der Waals surface area contributed by atoms with E-state index in [9.17, 15) is 22.0 Å². The van der Waals surface area contributed by atoms with Crippen molar-refractivity contribution in [3.05, 3.63) is 29.1 Å². The van der Waals surface area contributed by atoms with E-state index in [1.165, 1.54) is 0 Å². The molecule has 0 spiro atoms. The van der Waals surface area contributed by atoms with E-state index in [0.717, 1.165) is 6.07 Å². The van der Waals surface area contributed by atoms with Gasteiger partial charge in [-0.05, 0) is 5.92 Å². The van der Waals surface area contributed by atoms with Crippen molar-refractivity contribution >= 4 is 11.0 Å². The maximum atomic E-state index is 14.0. The molecule has 0 atom stereocenters. The van der Waals surface area contributed by atoms with E-state index in [4.69, 9.17) is 0 Å². The largest absolute Gasteiger partial charge is 0.396 e. The number of imidazole rings is 1. The van der Waals surface area contributed by atoms with E-state index in [1.54, 1.807) is 13.8 Å². The highest BCUT2D eigenvalue weighted by Crippen LogP contribution is 2.29. The zero-order valence-electron chi connectivity index (χ0n) is 10.2.